The maximum absolute atomic E-state index is 12.3. The van der Waals surface area contributed by atoms with E-state index < -0.39 is 15.1 Å². The molecule has 9 heteroatoms. The van der Waals surface area contributed by atoms with E-state index in [2.05, 4.69) is 15.5 Å². The molecule has 0 saturated heterocycles. The molecule has 152 valence electrons. The number of anilines is 1. The van der Waals surface area contributed by atoms with E-state index in [1.54, 1.807) is 38.1 Å². The summed E-state index contributed by atoms with van der Waals surface area (Å²) in [6, 6.07) is 15.4. The lowest BCUT2D eigenvalue weighted by Gasteiger charge is -2.08. The lowest BCUT2D eigenvalue weighted by molar-refractivity contribution is -0.116. The first kappa shape index (κ1) is 20.5. The van der Waals surface area contributed by atoms with Crippen LogP contribution in [-0.2, 0) is 14.6 Å². The molecule has 29 heavy (non-hydrogen) atoms. The van der Waals surface area contributed by atoms with Crippen LogP contribution in [0.5, 0.6) is 5.75 Å². The Bertz CT molecular complexity index is 1080. The number of aromatic nitrogens is 2. The summed E-state index contributed by atoms with van der Waals surface area (Å²) >= 11 is 0. The number of nitrogens with zero attached hydrogens (tertiary/aromatic N) is 2. The topological polar surface area (TPSA) is 111 Å². The van der Waals surface area contributed by atoms with Crippen molar-refractivity contribution in [2.75, 3.05) is 11.9 Å². The molecule has 0 radical (unpaired) electrons. The third-order valence-corrected chi connectivity index (χ3v) is 6.19. The molecule has 0 unspecified atom stereocenters. The second kappa shape index (κ2) is 8.87. The van der Waals surface area contributed by atoms with Crippen LogP contribution < -0.4 is 10.1 Å². The molecular formula is C20H21N3O5S. The van der Waals surface area contributed by atoms with Gasteiger partial charge in [0.15, 0.2) is 9.84 Å². The zero-order valence-corrected chi connectivity index (χ0v) is 16.8. The van der Waals surface area contributed by atoms with Crippen LogP contribution in [0.1, 0.15) is 20.3 Å². The molecule has 0 bridgehead atoms. The van der Waals surface area contributed by atoms with Gasteiger partial charge in [0, 0.05) is 5.56 Å². The van der Waals surface area contributed by atoms with Crippen LogP contribution in [0, 0.1) is 0 Å². The molecule has 3 rings (SSSR count). The molecule has 0 aliphatic carbocycles. The van der Waals surface area contributed by atoms with E-state index in [0.717, 1.165) is 0 Å². The summed E-state index contributed by atoms with van der Waals surface area (Å²) in [4.78, 5) is 12.2. The fourth-order valence-corrected chi connectivity index (χ4v) is 3.53. The quantitative estimate of drug-likeness (QED) is 0.600. The summed E-state index contributed by atoms with van der Waals surface area (Å²) in [5.41, 5.74) is 0.451. The van der Waals surface area contributed by atoms with Crippen LogP contribution in [0.4, 0.5) is 6.01 Å². The predicted octanol–water partition coefficient (Wildman–Crippen LogP) is 3.33. The monoisotopic (exact) mass is 415 g/mol. The highest BCUT2D eigenvalue weighted by molar-refractivity contribution is 7.92. The highest BCUT2D eigenvalue weighted by atomic mass is 32.2. The standard InChI is InChI=1S/C20H21N3O5S/c1-14(2)29(25,26)17-10-6-7-15(13-17)19-22-23-20(28-19)21-18(24)11-12-27-16-8-4-3-5-9-16/h3-10,13-14H,11-12H2,1-2H3,(H,21,23,24). The molecule has 1 aromatic heterocycles. The van der Waals surface area contributed by atoms with Crippen molar-refractivity contribution in [3.8, 4) is 17.2 Å². The Kier molecular flexibility index (Phi) is 6.28. The van der Waals surface area contributed by atoms with Crippen molar-refractivity contribution in [3.63, 3.8) is 0 Å². The summed E-state index contributed by atoms with van der Waals surface area (Å²) in [5.74, 6) is 0.450. The molecule has 8 nitrogen and oxygen atoms in total. The van der Waals surface area contributed by atoms with E-state index >= 15 is 0 Å². The smallest absolute Gasteiger partial charge is 0.322 e. The second-order valence-electron chi connectivity index (χ2n) is 6.49. The number of hydrogen-bond donors (Lipinski definition) is 1. The van der Waals surface area contributed by atoms with Crippen molar-refractivity contribution in [3.05, 3.63) is 54.6 Å². The number of amides is 1. The molecule has 0 spiro atoms. The zero-order chi connectivity index (χ0) is 20.9. The van der Waals surface area contributed by atoms with Gasteiger partial charge < -0.3 is 9.15 Å². The maximum Gasteiger partial charge on any atom is 0.322 e. The number of rotatable bonds is 8. The fraction of sp³-hybridized carbons (Fsp3) is 0.250. The average molecular weight is 415 g/mol. The lowest BCUT2D eigenvalue weighted by atomic mass is 10.2. The Morgan fingerprint density at radius 3 is 2.59 bits per heavy atom. The summed E-state index contributed by atoms with van der Waals surface area (Å²) in [5, 5.41) is 9.62. The number of nitrogens with one attached hydrogen (secondary N) is 1. The second-order valence-corrected chi connectivity index (χ2v) is 9.00. The minimum atomic E-state index is -3.43. The number of para-hydroxylation sites is 1. The number of hydrogen-bond acceptors (Lipinski definition) is 7. The van der Waals surface area contributed by atoms with Gasteiger partial charge in [0.05, 0.1) is 23.2 Å². The first-order chi connectivity index (χ1) is 13.9. The molecule has 1 amide bonds. The van der Waals surface area contributed by atoms with Crippen LogP contribution in [0.3, 0.4) is 0 Å². The van der Waals surface area contributed by atoms with E-state index in [4.69, 9.17) is 9.15 Å². The van der Waals surface area contributed by atoms with Crippen LogP contribution in [0.2, 0.25) is 0 Å². The molecule has 0 aliphatic rings. The van der Waals surface area contributed by atoms with Crippen molar-refractivity contribution in [2.24, 2.45) is 0 Å². The fourth-order valence-electron chi connectivity index (χ4n) is 2.43. The molecular weight excluding hydrogens is 394 g/mol. The van der Waals surface area contributed by atoms with E-state index in [9.17, 15) is 13.2 Å². The largest absolute Gasteiger partial charge is 0.493 e. The Balaban J connectivity index is 1.61. The van der Waals surface area contributed by atoms with Gasteiger partial charge >= 0.3 is 6.01 Å². The molecule has 0 fully saturated rings. The van der Waals surface area contributed by atoms with Crippen molar-refractivity contribution in [1.82, 2.24) is 10.2 Å². The molecule has 0 aliphatic heterocycles. The number of carbonyl (C=O) groups is 1. The van der Waals surface area contributed by atoms with Crippen LogP contribution in [-0.4, -0.2) is 36.4 Å². The van der Waals surface area contributed by atoms with Crippen molar-refractivity contribution in [1.29, 1.82) is 0 Å². The van der Waals surface area contributed by atoms with Gasteiger partial charge in [0.25, 0.3) is 0 Å². The molecule has 0 saturated carbocycles. The minimum Gasteiger partial charge on any atom is -0.493 e. The van der Waals surface area contributed by atoms with Crippen molar-refractivity contribution in [2.45, 2.75) is 30.4 Å². The minimum absolute atomic E-state index is 0.0677. The molecule has 1 N–H and O–H groups in total. The summed E-state index contributed by atoms with van der Waals surface area (Å²) in [6.07, 6.45) is 0.106. The SMILES string of the molecule is CC(C)S(=O)(=O)c1cccc(-c2nnc(NC(=O)CCOc3ccccc3)o2)c1. The Morgan fingerprint density at radius 1 is 1.10 bits per heavy atom. The zero-order valence-electron chi connectivity index (χ0n) is 16.0. The summed E-state index contributed by atoms with van der Waals surface area (Å²) in [6.45, 7) is 3.43. The highest BCUT2D eigenvalue weighted by Crippen LogP contribution is 2.24. The van der Waals surface area contributed by atoms with Gasteiger partial charge in [-0.15, -0.1) is 5.10 Å². The van der Waals surface area contributed by atoms with Gasteiger partial charge in [0.1, 0.15) is 5.75 Å². The van der Waals surface area contributed by atoms with E-state index in [1.165, 1.54) is 12.1 Å². The predicted molar refractivity (Wildman–Crippen MR) is 107 cm³/mol. The van der Waals surface area contributed by atoms with E-state index in [-0.39, 0.29) is 35.7 Å². The van der Waals surface area contributed by atoms with Gasteiger partial charge in [-0.25, -0.2) is 8.42 Å². The van der Waals surface area contributed by atoms with Gasteiger partial charge in [-0.05, 0) is 44.2 Å². The summed E-state index contributed by atoms with van der Waals surface area (Å²) < 4.78 is 35.6. The normalized spacial score (nSPS) is 11.4. The van der Waals surface area contributed by atoms with Crippen molar-refractivity contribution < 1.29 is 22.4 Å². The number of sulfone groups is 1. The van der Waals surface area contributed by atoms with Crippen LogP contribution in [0.15, 0.2) is 63.9 Å². The van der Waals surface area contributed by atoms with Gasteiger partial charge in [-0.1, -0.05) is 29.4 Å². The number of ether oxygens (including phenoxy) is 1. The third-order valence-electron chi connectivity index (χ3n) is 4.04. The third kappa shape index (κ3) is 5.20. The van der Waals surface area contributed by atoms with E-state index in [1.807, 2.05) is 18.2 Å². The lowest BCUT2D eigenvalue weighted by Crippen LogP contribution is -2.15. The van der Waals surface area contributed by atoms with Crippen LogP contribution >= 0.6 is 0 Å². The molecule has 1 heterocycles. The Labute approximate surface area is 168 Å². The van der Waals surface area contributed by atoms with Gasteiger partial charge in [-0.3, -0.25) is 10.1 Å². The highest BCUT2D eigenvalue weighted by Gasteiger charge is 2.20. The maximum atomic E-state index is 12.3. The van der Waals surface area contributed by atoms with Gasteiger partial charge in [-0.2, -0.15) is 0 Å². The van der Waals surface area contributed by atoms with Crippen LogP contribution in [0.25, 0.3) is 11.5 Å². The molecule has 2 aromatic carbocycles. The van der Waals surface area contributed by atoms with E-state index in [0.29, 0.717) is 11.3 Å². The number of carbonyl (C=O) groups excluding carboxylic acids is 1. The summed E-state index contributed by atoms with van der Waals surface area (Å²) in [7, 11) is -3.43. The molecule has 0 atom stereocenters. The average Bonchev–Trinajstić information content (AvgIpc) is 3.17. The molecule has 3 aromatic rings. The number of benzene rings is 2. The first-order valence-electron chi connectivity index (χ1n) is 9.02. The Morgan fingerprint density at radius 2 is 1.86 bits per heavy atom. The first-order valence-corrected chi connectivity index (χ1v) is 10.6. The van der Waals surface area contributed by atoms with Crippen molar-refractivity contribution >= 4 is 21.8 Å². The Hall–Kier alpha value is -3.20. The van der Waals surface area contributed by atoms with Gasteiger partial charge in [0.2, 0.25) is 11.8 Å².